The number of nitrogens with zero attached hydrogens (tertiary/aromatic N) is 2. The van der Waals surface area contributed by atoms with E-state index in [0.717, 1.165) is 22.0 Å². The Morgan fingerprint density at radius 1 is 0.915 bits per heavy atom. The second-order valence-corrected chi connectivity index (χ2v) is 13.7. The van der Waals surface area contributed by atoms with Crippen molar-refractivity contribution in [3.05, 3.63) is 124 Å². The SMILES string of the molecule is CCOc1ccc(S(=O)(=O)N(CC(=O)N(Cc2ccc(Cl)cc2Cl)[C@@H](Cc2ccccc2)C(=O)NC(C)C)c2ccc(F)cc2)cc1. The predicted octanol–water partition coefficient (Wildman–Crippen LogP) is 6.89. The van der Waals surface area contributed by atoms with Crippen LogP contribution in [0.5, 0.6) is 5.75 Å². The molecule has 12 heteroatoms. The lowest BCUT2D eigenvalue weighted by molar-refractivity contribution is -0.140. The van der Waals surface area contributed by atoms with E-state index in [2.05, 4.69) is 5.32 Å². The van der Waals surface area contributed by atoms with E-state index in [1.807, 2.05) is 37.3 Å². The molecule has 0 bridgehead atoms. The Morgan fingerprint density at radius 3 is 2.17 bits per heavy atom. The number of nitrogens with one attached hydrogen (secondary N) is 1. The molecule has 0 aliphatic carbocycles. The van der Waals surface area contributed by atoms with Gasteiger partial charge in [0.2, 0.25) is 11.8 Å². The lowest BCUT2D eigenvalue weighted by atomic mass is 10.0. The first kappa shape index (κ1) is 35.7. The number of halogens is 3. The van der Waals surface area contributed by atoms with Crippen molar-refractivity contribution in [2.75, 3.05) is 17.5 Å². The number of hydrogen-bond donors (Lipinski definition) is 1. The summed E-state index contributed by atoms with van der Waals surface area (Å²) in [7, 11) is -4.37. The molecular weight excluding hydrogens is 664 g/mol. The molecule has 0 aromatic heterocycles. The third kappa shape index (κ3) is 9.47. The highest BCUT2D eigenvalue weighted by molar-refractivity contribution is 7.92. The molecule has 0 fully saturated rings. The molecule has 248 valence electrons. The van der Waals surface area contributed by atoms with E-state index in [1.54, 1.807) is 26.0 Å². The topological polar surface area (TPSA) is 96.0 Å². The number of rotatable bonds is 14. The Morgan fingerprint density at radius 2 is 1.57 bits per heavy atom. The number of ether oxygens (including phenoxy) is 1. The van der Waals surface area contributed by atoms with E-state index in [0.29, 0.717) is 22.9 Å². The molecule has 47 heavy (non-hydrogen) atoms. The van der Waals surface area contributed by atoms with Crippen molar-refractivity contribution in [2.45, 2.75) is 50.7 Å². The van der Waals surface area contributed by atoms with Gasteiger partial charge < -0.3 is 15.0 Å². The van der Waals surface area contributed by atoms with Crippen molar-refractivity contribution in [1.82, 2.24) is 10.2 Å². The monoisotopic (exact) mass is 699 g/mol. The summed E-state index contributed by atoms with van der Waals surface area (Å²) in [5.74, 6) is -1.22. The highest BCUT2D eigenvalue weighted by atomic mass is 35.5. The molecule has 0 saturated carbocycles. The van der Waals surface area contributed by atoms with Crippen LogP contribution in [0.25, 0.3) is 0 Å². The fourth-order valence-corrected chi connectivity index (χ4v) is 6.79. The van der Waals surface area contributed by atoms with Gasteiger partial charge in [-0.2, -0.15) is 0 Å². The Labute approximate surface area is 285 Å². The van der Waals surface area contributed by atoms with E-state index >= 15 is 0 Å². The number of benzene rings is 4. The first-order valence-electron chi connectivity index (χ1n) is 15.0. The average Bonchev–Trinajstić information content (AvgIpc) is 3.03. The van der Waals surface area contributed by atoms with Gasteiger partial charge in [0, 0.05) is 29.1 Å². The zero-order chi connectivity index (χ0) is 34.1. The van der Waals surface area contributed by atoms with Gasteiger partial charge in [-0.05, 0) is 92.6 Å². The number of amides is 2. The van der Waals surface area contributed by atoms with Crippen LogP contribution in [0.4, 0.5) is 10.1 Å². The molecule has 0 aliphatic heterocycles. The number of hydrogen-bond acceptors (Lipinski definition) is 5. The summed E-state index contributed by atoms with van der Waals surface area (Å²) in [6.45, 7) is 4.98. The smallest absolute Gasteiger partial charge is 0.264 e. The molecule has 1 atom stereocenters. The summed E-state index contributed by atoms with van der Waals surface area (Å²) >= 11 is 12.7. The van der Waals surface area contributed by atoms with Crippen LogP contribution >= 0.6 is 23.2 Å². The van der Waals surface area contributed by atoms with Crippen LogP contribution in [0, 0.1) is 5.82 Å². The molecular formula is C35H36Cl2FN3O5S. The maximum absolute atomic E-state index is 14.5. The van der Waals surface area contributed by atoms with Crippen LogP contribution in [-0.2, 0) is 32.6 Å². The van der Waals surface area contributed by atoms with Crippen LogP contribution in [0.15, 0.2) is 102 Å². The molecule has 8 nitrogen and oxygen atoms in total. The van der Waals surface area contributed by atoms with Gasteiger partial charge in [0.25, 0.3) is 10.0 Å². The Kier molecular flexibility index (Phi) is 12.3. The molecule has 4 aromatic rings. The van der Waals surface area contributed by atoms with Crippen LogP contribution in [-0.4, -0.2) is 50.4 Å². The van der Waals surface area contributed by atoms with Crippen molar-refractivity contribution in [3.8, 4) is 5.75 Å². The highest BCUT2D eigenvalue weighted by Gasteiger charge is 2.35. The number of sulfonamides is 1. The minimum absolute atomic E-state index is 0.0596. The van der Waals surface area contributed by atoms with E-state index in [-0.39, 0.29) is 34.6 Å². The van der Waals surface area contributed by atoms with Crippen LogP contribution in [0.1, 0.15) is 31.9 Å². The fraction of sp³-hybridized carbons (Fsp3) is 0.257. The fourth-order valence-electron chi connectivity index (χ4n) is 4.91. The Balaban J connectivity index is 1.81. The third-order valence-electron chi connectivity index (χ3n) is 7.17. The van der Waals surface area contributed by atoms with Crippen molar-refractivity contribution < 1.29 is 27.1 Å². The van der Waals surface area contributed by atoms with Crippen LogP contribution < -0.4 is 14.4 Å². The average molecular weight is 701 g/mol. The van der Waals surface area contributed by atoms with Crippen molar-refractivity contribution in [1.29, 1.82) is 0 Å². The standard InChI is InChI=1S/C35H36Cl2FN3O5S/c1-4-46-30-16-18-31(19-17-30)47(44,45)41(29-14-12-28(38)13-15-29)23-34(42)40(22-26-10-11-27(36)21-32(26)37)33(35(43)39-24(2)3)20-25-8-6-5-7-9-25/h5-19,21,24,33H,4,20,22-23H2,1-3H3,(H,39,43)/t33-/m0/s1. The van der Waals surface area contributed by atoms with E-state index in [9.17, 15) is 22.4 Å². The number of anilines is 1. The van der Waals surface area contributed by atoms with Gasteiger partial charge in [-0.25, -0.2) is 12.8 Å². The molecule has 0 aliphatic rings. The van der Waals surface area contributed by atoms with Gasteiger partial charge in [0.15, 0.2) is 0 Å². The summed E-state index contributed by atoms with van der Waals surface area (Å²) in [5, 5.41) is 3.56. The maximum atomic E-state index is 14.5. The third-order valence-corrected chi connectivity index (χ3v) is 9.55. The van der Waals surface area contributed by atoms with Gasteiger partial charge >= 0.3 is 0 Å². The highest BCUT2D eigenvalue weighted by Crippen LogP contribution is 2.28. The van der Waals surface area contributed by atoms with Gasteiger partial charge in [-0.15, -0.1) is 0 Å². The molecule has 0 spiro atoms. The van der Waals surface area contributed by atoms with Crippen molar-refractivity contribution >= 4 is 50.7 Å². The zero-order valence-electron chi connectivity index (χ0n) is 26.2. The van der Waals surface area contributed by atoms with Crippen molar-refractivity contribution in [2.24, 2.45) is 0 Å². The maximum Gasteiger partial charge on any atom is 0.264 e. The van der Waals surface area contributed by atoms with E-state index < -0.39 is 40.2 Å². The van der Waals surface area contributed by atoms with Gasteiger partial charge in [-0.3, -0.25) is 13.9 Å². The first-order valence-corrected chi connectivity index (χ1v) is 17.2. The van der Waals surface area contributed by atoms with E-state index in [1.165, 1.54) is 47.4 Å². The lowest BCUT2D eigenvalue weighted by Crippen LogP contribution is -2.54. The molecule has 1 N–H and O–H groups in total. The predicted molar refractivity (Wildman–Crippen MR) is 183 cm³/mol. The quantitative estimate of drug-likeness (QED) is 0.155. The molecule has 4 aromatic carbocycles. The minimum Gasteiger partial charge on any atom is -0.494 e. The first-order chi connectivity index (χ1) is 22.4. The molecule has 0 unspecified atom stereocenters. The largest absolute Gasteiger partial charge is 0.494 e. The second kappa shape index (κ2) is 16.1. The lowest BCUT2D eigenvalue weighted by Gasteiger charge is -2.34. The van der Waals surface area contributed by atoms with E-state index in [4.69, 9.17) is 27.9 Å². The van der Waals surface area contributed by atoms with Crippen LogP contribution in [0.2, 0.25) is 10.0 Å². The van der Waals surface area contributed by atoms with Crippen LogP contribution in [0.3, 0.4) is 0 Å². The van der Waals surface area contributed by atoms with Gasteiger partial charge in [0.1, 0.15) is 24.2 Å². The zero-order valence-corrected chi connectivity index (χ0v) is 28.5. The summed E-state index contributed by atoms with van der Waals surface area (Å²) < 4.78 is 48.6. The number of carbonyl (C=O) groups is 2. The van der Waals surface area contributed by atoms with Crippen molar-refractivity contribution in [3.63, 3.8) is 0 Å². The number of carbonyl (C=O) groups excluding carboxylic acids is 2. The molecule has 0 radical (unpaired) electrons. The molecule has 4 rings (SSSR count). The summed E-state index contributed by atoms with van der Waals surface area (Å²) in [4.78, 5) is 29.5. The normalized spacial score (nSPS) is 12.0. The Hall–Kier alpha value is -4.12. The molecule has 2 amide bonds. The summed E-state index contributed by atoms with van der Waals surface area (Å²) in [6.07, 6.45) is 0.137. The Bertz CT molecular complexity index is 1770. The summed E-state index contributed by atoms with van der Waals surface area (Å²) in [5.41, 5.74) is 1.35. The van der Waals surface area contributed by atoms with Gasteiger partial charge in [-0.1, -0.05) is 59.6 Å². The minimum atomic E-state index is -4.37. The second-order valence-electron chi connectivity index (χ2n) is 11.0. The molecule has 0 saturated heterocycles. The molecule has 0 heterocycles. The van der Waals surface area contributed by atoms with Gasteiger partial charge in [0.05, 0.1) is 17.2 Å². The summed E-state index contributed by atoms with van der Waals surface area (Å²) in [6, 6.07) is 23.3.